The predicted molar refractivity (Wildman–Crippen MR) is 56.3 cm³/mol. The van der Waals surface area contributed by atoms with E-state index in [2.05, 4.69) is 0 Å². The van der Waals surface area contributed by atoms with Gasteiger partial charge in [-0.3, -0.25) is 4.79 Å². The maximum absolute atomic E-state index is 12.7. The molecule has 0 amide bonds. The molecule has 0 bridgehead atoms. The highest BCUT2D eigenvalue weighted by Crippen LogP contribution is 2.53. The number of aromatic hydroxyl groups is 1. The Morgan fingerprint density at radius 3 is 2.41 bits per heavy atom. The van der Waals surface area contributed by atoms with Gasteiger partial charge in [-0.25, -0.2) is 8.78 Å². The Bertz CT molecular complexity index is 479. The third kappa shape index (κ3) is 1.75. The first-order valence-electron chi connectivity index (χ1n) is 5.24. The zero-order valence-corrected chi connectivity index (χ0v) is 9.20. The highest BCUT2D eigenvalue weighted by molar-refractivity contribution is 5.86. The van der Waals surface area contributed by atoms with Gasteiger partial charge in [0.2, 0.25) is 0 Å². The topological polar surface area (TPSA) is 57.5 Å². The highest BCUT2D eigenvalue weighted by Gasteiger charge is 2.53. The minimum atomic E-state index is -2.81. The lowest BCUT2D eigenvalue weighted by atomic mass is 9.91. The monoisotopic (exact) mass is 242 g/mol. The zero-order chi connectivity index (χ0) is 12.8. The van der Waals surface area contributed by atoms with Crippen molar-refractivity contribution < 1.29 is 23.8 Å². The number of halogens is 2. The molecule has 2 N–H and O–H groups in total. The van der Waals surface area contributed by atoms with Crippen LogP contribution in [0.5, 0.6) is 5.75 Å². The fourth-order valence-electron chi connectivity index (χ4n) is 2.06. The van der Waals surface area contributed by atoms with E-state index < -0.39 is 29.1 Å². The van der Waals surface area contributed by atoms with Gasteiger partial charge in [-0.2, -0.15) is 0 Å². The molecule has 0 heterocycles. The lowest BCUT2D eigenvalue weighted by molar-refractivity contribution is -0.140. The molecule has 0 radical (unpaired) electrons. The van der Waals surface area contributed by atoms with Crippen LogP contribution in [0.3, 0.4) is 0 Å². The molecule has 0 aromatic heterocycles. The van der Waals surface area contributed by atoms with Gasteiger partial charge in [0.05, 0.1) is 11.0 Å². The van der Waals surface area contributed by atoms with Crippen LogP contribution in [-0.4, -0.2) is 16.2 Å². The van der Waals surface area contributed by atoms with E-state index >= 15 is 0 Å². The molecule has 1 aromatic rings. The van der Waals surface area contributed by atoms with Gasteiger partial charge in [0.1, 0.15) is 5.75 Å². The molecule has 1 fully saturated rings. The molecule has 0 aliphatic heterocycles. The van der Waals surface area contributed by atoms with E-state index in [1.165, 1.54) is 12.1 Å². The average molecular weight is 242 g/mol. The Morgan fingerprint density at radius 1 is 1.41 bits per heavy atom. The SMILES string of the molecule is Cc1cc(C(F)F)c(O)c(C2(C(=O)O)CC2)c1. The van der Waals surface area contributed by atoms with Gasteiger partial charge in [-0.15, -0.1) is 0 Å². The van der Waals surface area contributed by atoms with Crippen LogP contribution in [-0.2, 0) is 10.2 Å². The molecule has 1 aliphatic rings. The summed E-state index contributed by atoms with van der Waals surface area (Å²) in [6, 6.07) is 2.66. The second kappa shape index (κ2) is 3.68. The number of phenolic OH excluding ortho intramolecular Hbond substituents is 1. The van der Waals surface area contributed by atoms with Gasteiger partial charge in [-0.05, 0) is 25.8 Å². The summed E-state index contributed by atoms with van der Waals surface area (Å²) in [5.41, 5.74) is -1.02. The van der Waals surface area contributed by atoms with Gasteiger partial charge in [0.25, 0.3) is 6.43 Å². The number of alkyl halides is 2. The number of rotatable bonds is 3. The van der Waals surface area contributed by atoms with E-state index in [9.17, 15) is 18.7 Å². The van der Waals surface area contributed by atoms with Gasteiger partial charge < -0.3 is 10.2 Å². The summed E-state index contributed by atoms with van der Waals surface area (Å²) in [5, 5.41) is 18.9. The third-order valence-corrected chi connectivity index (χ3v) is 3.19. The van der Waals surface area contributed by atoms with E-state index in [0.29, 0.717) is 18.4 Å². The fraction of sp³-hybridized carbons (Fsp3) is 0.417. The Kier molecular flexibility index (Phi) is 2.56. The van der Waals surface area contributed by atoms with E-state index in [0.717, 1.165) is 0 Å². The van der Waals surface area contributed by atoms with Gasteiger partial charge in [-0.1, -0.05) is 11.6 Å². The number of hydrogen-bond acceptors (Lipinski definition) is 2. The highest BCUT2D eigenvalue weighted by atomic mass is 19.3. The largest absolute Gasteiger partial charge is 0.507 e. The first-order chi connectivity index (χ1) is 7.88. The van der Waals surface area contributed by atoms with Crippen molar-refractivity contribution in [3.8, 4) is 5.75 Å². The summed E-state index contributed by atoms with van der Waals surface area (Å²) in [4.78, 5) is 11.1. The number of carbonyl (C=O) groups is 1. The molecular weight excluding hydrogens is 230 g/mol. The van der Waals surface area contributed by atoms with Crippen LogP contribution < -0.4 is 0 Å². The van der Waals surface area contributed by atoms with Crippen molar-refractivity contribution in [3.63, 3.8) is 0 Å². The van der Waals surface area contributed by atoms with Crippen molar-refractivity contribution in [2.45, 2.75) is 31.6 Å². The maximum atomic E-state index is 12.7. The van der Waals surface area contributed by atoms with E-state index in [1.807, 2.05) is 0 Å². The Morgan fingerprint density at radius 2 is 2.00 bits per heavy atom. The van der Waals surface area contributed by atoms with Crippen molar-refractivity contribution >= 4 is 5.97 Å². The number of benzene rings is 1. The number of carboxylic acids is 1. The van der Waals surface area contributed by atoms with Gasteiger partial charge >= 0.3 is 5.97 Å². The molecule has 1 aliphatic carbocycles. The van der Waals surface area contributed by atoms with Crippen molar-refractivity contribution in [1.29, 1.82) is 0 Å². The molecule has 2 rings (SSSR count). The minimum Gasteiger partial charge on any atom is -0.507 e. The Hall–Kier alpha value is -1.65. The molecule has 5 heteroatoms. The molecule has 0 saturated heterocycles. The van der Waals surface area contributed by atoms with Crippen molar-refractivity contribution in [2.24, 2.45) is 0 Å². The molecule has 0 spiro atoms. The Balaban J connectivity index is 2.59. The molecule has 0 atom stereocenters. The standard InChI is InChI=1S/C12H12F2O3/c1-6-4-7(10(13)14)9(15)8(5-6)12(2-3-12)11(16)17/h4-5,10,15H,2-3H2,1H3,(H,16,17). The summed E-state index contributed by atoms with van der Waals surface area (Å²) >= 11 is 0. The summed E-state index contributed by atoms with van der Waals surface area (Å²) in [7, 11) is 0. The molecule has 92 valence electrons. The first kappa shape index (κ1) is 11.8. The normalized spacial score (nSPS) is 17.2. The van der Waals surface area contributed by atoms with Crippen LogP contribution in [0.15, 0.2) is 12.1 Å². The summed E-state index contributed by atoms with van der Waals surface area (Å²) in [6.45, 7) is 1.60. The smallest absolute Gasteiger partial charge is 0.314 e. The lowest BCUT2D eigenvalue weighted by Gasteiger charge is -2.16. The second-order valence-corrected chi connectivity index (χ2v) is 4.44. The van der Waals surface area contributed by atoms with Crippen molar-refractivity contribution in [1.82, 2.24) is 0 Å². The van der Waals surface area contributed by atoms with E-state index in [-0.39, 0.29) is 5.56 Å². The van der Waals surface area contributed by atoms with Gasteiger partial charge in [0.15, 0.2) is 0 Å². The quantitative estimate of drug-likeness (QED) is 0.856. The number of phenols is 1. The molecular formula is C12H12F2O3. The summed E-state index contributed by atoms with van der Waals surface area (Å²) in [5.74, 6) is -1.65. The van der Waals surface area contributed by atoms with Crippen LogP contribution in [0.4, 0.5) is 8.78 Å². The summed E-state index contributed by atoms with van der Waals surface area (Å²) < 4.78 is 25.4. The van der Waals surface area contributed by atoms with Crippen molar-refractivity contribution in [3.05, 3.63) is 28.8 Å². The minimum absolute atomic E-state index is 0.111. The maximum Gasteiger partial charge on any atom is 0.314 e. The predicted octanol–water partition coefficient (Wildman–Crippen LogP) is 2.75. The molecule has 1 aromatic carbocycles. The zero-order valence-electron chi connectivity index (χ0n) is 9.20. The van der Waals surface area contributed by atoms with Crippen LogP contribution in [0, 0.1) is 6.92 Å². The number of carboxylic acid groups (broad SMARTS) is 1. The number of aliphatic carboxylic acids is 1. The van der Waals surface area contributed by atoms with Crippen LogP contribution in [0.25, 0.3) is 0 Å². The third-order valence-electron chi connectivity index (χ3n) is 3.19. The Labute approximate surface area is 96.7 Å². The van der Waals surface area contributed by atoms with Crippen LogP contribution >= 0.6 is 0 Å². The van der Waals surface area contributed by atoms with E-state index in [4.69, 9.17) is 5.11 Å². The second-order valence-electron chi connectivity index (χ2n) is 4.44. The molecule has 17 heavy (non-hydrogen) atoms. The van der Waals surface area contributed by atoms with Crippen LogP contribution in [0.1, 0.15) is 36.0 Å². The molecule has 3 nitrogen and oxygen atoms in total. The summed E-state index contributed by atoms with van der Waals surface area (Å²) in [6.07, 6.45) is -2.05. The lowest BCUT2D eigenvalue weighted by Crippen LogP contribution is -2.20. The average Bonchev–Trinajstić information content (AvgIpc) is 3.01. The first-order valence-corrected chi connectivity index (χ1v) is 5.24. The van der Waals surface area contributed by atoms with E-state index in [1.54, 1.807) is 6.92 Å². The number of aryl methyl sites for hydroxylation is 1. The van der Waals surface area contributed by atoms with Crippen LogP contribution in [0.2, 0.25) is 0 Å². The number of hydrogen-bond donors (Lipinski definition) is 2. The molecule has 0 unspecified atom stereocenters. The molecule has 1 saturated carbocycles. The van der Waals surface area contributed by atoms with Crippen molar-refractivity contribution in [2.75, 3.05) is 0 Å². The fourth-order valence-corrected chi connectivity index (χ4v) is 2.06. The van der Waals surface area contributed by atoms with Gasteiger partial charge in [0, 0.05) is 5.56 Å².